The molecular weight excluding hydrogens is 255 g/mol. The molecule has 0 bridgehead atoms. The van der Waals surface area contributed by atoms with Crippen LogP contribution >= 0.6 is 0 Å². The molecule has 0 aliphatic rings. The number of nitrogens with zero attached hydrogens (tertiary/aromatic N) is 1. The Bertz CT molecular complexity index is 426. The van der Waals surface area contributed by atoms with Crippen LogP contribution in [0.25, 0.3) is 0 Å². The number of carboxylic acid groups (broad SMARTS) is 1. The molecule has 1 amide bonds. The van der Waals surface area contributed by atoms with Crippen LogP contribution in [0.4, 0.5) is 4.79 Å². The summed E-state index contributed by atoms with van der Waals surface area (Å²) in [6.07, 6.45) is 2.82. The van der Waals surface area contributed by atoms with E-state index >= 15 is 0 Å². The Kier molecular flexibility index (Phi) is 8.69. The first kappa shape index (κ1) is 18.5. The molecule has 0 saturated carbocycles. The van der Waals surface area contributed by atoms with E-state index < -0.39 is 18.1 Å². The molecule has 1 aromatic rings. The number of hydrogen-bond acceptors (Lipinski definition) is 4. The van der Waals surface area contributed by atoms with Gasteiger partial charge in [0.25, 0.3) is 0 Å². The van der Waals surface area contributed by atoms with Gasteiger partial charge in [0.05, 0.1) is 0 Å². The number of hydrogen-bond donors (Lipinski definition) is 2. The van der Waals surface area contributed by atoms with Crippen molar-refractivity contribution in [2.75, 3.05) is 0 Å². The van der Waals surface area contributed by atoms with Gasteiger partial charge in [-0.3, -0.25) is 4.98 Å². The summed E-state index contributed by atoms with van der Waals surface area (Å²) >= 11 is 0. The molecule has 0 radical (unpaired) electrons. The van der Waals surface area contributed by atoms with Crippen molar-refractivity contribution < 1.29 is 19.4 Å². The van der Waals surface area contributed by atoms with Gasteiger partial charge in [0, 0.05) is 18.0 Å². The summed E-state index contributed by atoms with van der Waals surface area (Å²) in [7, 11) is 0. The van der Waals surface area contributed by atoms with Crippen LogP contribution in [0.5, 0.6) is 0 Å². The first-order valence-corrected chi connectivity index (χ1v) is 6.04. The summed E-state index contributed by atoms with van der Waals surface area (Å²) in [4.78, 5) is 26.3. The molecule has 0 spiro atoms. The summed E-state index contributed by atoms with van der Waals surface area (Å²) in [5.41, 5.74) is 0.744. The molecule has 1 atom stereocenters. The zero-order valence-electron chi connectivity index (χ0n) is 11.0. The summed E-state index contributed by atoms with van der Waals surface area (Å²) in [5, 5.41) is 11.3. The fraction of sp³-hybridized carbons (Fsp3) is 0.462. The van der Waals surface area contributed by atoms with E-state index in [2.05, 4.69) is 10.3 Å². The first-order chi connectivity index (χ1) is 8.99. The molecule has 20 heavy (non-hydrogen) atoms. The average molecular weight is 274 g/mol. The Hall–Kier alpha value is -1.51. The number of aromatic nitrogens is 1. The van der Waals surface area contributed by atoms with Gasteiger partial charge in [-0.05, 0) is 18.4 Å². The molecular formula is C13H19LiN2O4. The molecule has 7 heteroatoms. The molecule has 0 saturated heterocycles. The number of nitrogens with one attached hydrogen (secondary N) is 1. The van der Waals surface area contributed by atoms with E-state index in [9.17, 15) is 9.59 Å². The average Bonchev–Trinajstić information content (AvgIpc) is 2.36. The summed E-state index contributed by atoms with van der Waals surface area (Å²) in [6, 6.07) is 2.57. The van der Waals surface area contributed by atoms with Crippen LogP contribution in [0, 0.1) is 5.92 Å². The number of pyridine rings is 1. The second-order valence-corrected chi connectivity index (χ2v) is 4.60. The van der Waals surface area contributed by atoms with Crippen molar-refractivity contribution in [1.82, 2.24) is 10.3 Å². The van der Waals surface area contributed by atoms with Crippen LogP contribution in [-0.4, -0.2) is 47.1 Å². The van der Waals surface area contributed by atoms with Crippen molar-refractivity contribution in [3.63, 3.8) is 0 Å². The predicted octanol–water partition coefficient (Wildman–Crippen LogP) is 1.16. The third-order valence-corrected chi connectivity index (χ3v) is 2.39. The number of aliphatic carboxylic acids is 1. The van der Waals surface area contributed by atoms with Gasteiger partial charge in [-0.15, -0.1) is 0 Å². The topological polar surface area (TPSA) is 88.5 Å². The quantitative estimate of drug-likeness (QED) is 0.760. The molecule has 1 rings (SSSR count). The number of carbonyl (C=O) groups excluding carboxylic acids is 1. The minimum absolute atomic E-state index is 0. The number of amides is 1. The first-order valence-electron chi connectivity index (χ1n) is 6.04. The monoisotopic (exact) mass is 274 g/mol. The summed E-state index contributed by atoms with van der Waals surface area (Å²) in [5.74, 6) is -0.897. The predicted molar refractivity (Wildman–Crippen MR) is 75.6 cm³/mol. The Balaban J connectivity index is 0.00000361. The van der Waals surface area contributed by atoms with Gasteiger partial charge in [-0.1, -0.05) is 19.9 Å². The van der Waals surface area contributed by atoms with E-state index in [-0.39, 0.29) is 31.4 Å². The van der Waals surface area contributed by atoms with Crippen molar-refractivity contribution in [1.29, 1.82) is 0 Å². The van der Waals surface area contributed by atoms with Gasteiger partial charge in [-0.2, -0.15) is 0 Å². The van der Waals surface area contributed by atoms with Crippen LogP contribution in [0.2, 0.25) is 0 Å². The van der Waals surface area contributed by atoms with E-state index in [0.29, 0.717) is 6.42 Å². The third kappa shape index (κ3) is 7.17. The maximum absolute atomic E-state index is 11.5. The van der Waals surface area contributed by atoms with E-state index in [4.69, 9.17) is 9.84 Å². The third-order valence-electron chi connectivity index (χ3n) is 2.39. The van der Waals surface area contributed by atoms with E-state index in [1.54, 1.807) is 24.5 Å². The zero-order valence-corrected chi connectivity index (χ0v) is 11.0. The maximum atomic E-state index is 11.5. The second kappa shape index (κ2) is 9.40. The Morgan fingerprint density at radius 1 is 1.45 bits per heavy atom. The minimum atomic E-state index is -1.06. The van der Waals surface area contributed by atoms with Crippen molar-refractivity contribution in [3.05, 3.63) is 30.1 Å². The van der Waals surface area contributed by atoms with Crippen molar-refractivity contribution >= 4 is 30.9 Å². The van der Waals surface area contributed by atoms with E-state index in [1.165, 1.54) is 0 Å². The molecule has 2 N–H and O–H groups in total. The van der Waals surface area contributed by atoms with Crippen molar-refractivity contribution in [3.8, 4) is 0 Å². The fourth-order valence-electron chi connectivity index (χ4n) is 1.51. The van der Waals surface area contributed by atoms with Crippen LogP contribution in [0.1, 0.15) is 25.8 Å². The molecule has 1 heterocycles. The fourth-order valence-corrected chi connectivity index (χ4v) is 1.51. The summed E-state index contributed by atoms with van der Waals surface area (Å²) in [6.45, 7) is 3.84. The van der Waals surface area contributed by atoms with Crippen molar-refractivity contribution in [2.24, 2.45) is 5.92 Å². The van der Waals surface area contributed by atoms with E-state index in [1.807, 2.05) is 13.8 Å². The normalized spacial score (nSPS) is 11.3. The molecule has 0 fully saturated rings. The van der Waals surface area contributed by atoms with Crippen LogP contribution in [0.15, 0.2) is 24.5 Å². The van der Waals surface area contributed by atoms with Crippen LogP contribution in [0.3, 0.4) is 0 Å². The Morgan fingerprint density at radius 3 is 2.65 bits per heavy atom. The molecule has 0 aliphatic carbocycles. The summed E-state index contributed by atoms with van der Waals surface area (Å²) < 4.78 is 4.94. The number of rotatable bonds is 6. The number of carbonyl (C=O) groups is 2. The molecule has 0 aliphatic heterocycles. The molecule has 6 nitrogen and oxygen atoms in total. The van der Waals surface area contributed by atoms with Crippen molar-refractivity contribution in [2.45, 2.75) is 32.9 Å². The number of alkyl carbamates (subject to hydrolysis) is 1. The zero-order chi connectivity index (χ0) is 14.3. The van der Waals surface area contributed by atoms with Gasteiger partial charge in [-0.25, -0.2) is 9.59 Å². The molecule has 1 aromatic heterocycles. The number of carboxylic acids is 1. The molecule has 106 valence electrons. The standard InChI is InChI=1S/C13H18N2O4.Li.H/c1-9(2)6-11(12(16)17)15-13(18)19-8-10-4-3-5-14-7-10;;/h3-5,7,9,11H,6,8H2,1-2H3,(H,15,18)(H,16,17);;/t11-;;/m0../s1. The van der Waals surface area contributed by atoms with Crippen LogP contribution in [-0.2, 0) is 16.1 Å². The Morgan fingerprint density at radius 2 is 2.15 bits per heavy atom. The second-order valence-electron chi connectivity index (χ2n) is 4.60. The number of ether oxygens (including phenoxy) is 1. The van der Waals surface area contributed by atoms with Gasteiger partial charge >= 0.3 is 30.9 Å². The van der Waals surface area contributed by atoms with Gasteiger partial charge < -0.3 is 15.2 Å². The molecule has 0 aromatic carbocycles. The van der Waals surface area contributed by atoms with Gasteiger partial charge in [0.2, 0.25) is 0 Å². The van der Waals surface area contributed by atoms with Gasteiger partial charge in [0.1, 0.15) is 12.6 Å². The SMILES string of the molecule is CC(C)C[C@H](NC(=O)OCc1cccnc1)C(=O)O.[LiH]. The molecule has 0 unspecified atom stereocenters. The van der Waals surface area contributed by atoms with E-state index in [0.717, 1.165) is 5.56 Å². The Labute approximate surface area is 130 Å². The van der Waals surface area contributed by atoms with Gasteiger partial charge in [0.15, 0.2) is 0 Å². The van der Waals surface area contributed by atoms with Crippen LogP contribution < -0.4 is 5.32 Å².